The van der Waals surface area contributed by atoms with E-state index in [1.165, 1.54) is 11.3 Å². The number of rotatable bonds is 4. The van der Waals surface area contributed by atoms with Crippen LogP contribution in [0.3, 0.4) is 0 Å². The Labute approximate surface area is 148 Å². The van der Waals surface area contributed by atoms with Crippen molar-refractivity contribution in [3.05, 3.63) is 46.8 Å². The average molecular weight is 362 g/mol. The summed E-state index contributed by atoms with van der Waals surface area (Å²) < 4.78 is 0. The van der Waals surface area contributed by atoms with Gasteiger partial charge in [0.25, 0.3) is 0 Å². The number of carbonyl (C=O) groups is 2. The first-order valence-corrected chi connectivity index (χ1v) is 8.69. The predicted octanol–water partition coefficient (Wildman–Crippen LogP) is 2.73. The summed E-state index contributed by atoms with van der Waals surface area (Å²) in [5.74, 6) is -3.00. The molecule has 1 N–H and O–H groups in total. The number of carboxylic acid groups (broad SMARTS) is 1. The van der Waals surface area contributed by atoms with Gasteiger partial charge in [-0.1, -0.05) is 42.0 Å². The van der Waals surface area contributed by atoms with Crippen molar-refractivity contribution in [3.63, 3.8) is 0 Å². The molecule has 0 unspecified atom stereocenters. The van der Waals surface area contributed by atoms with Gasteiger partial charge in [-0.25, -0.2) is 4.98 Å². The van der Waals surface area contributed by atoms with Gasteiger partial charge in [0.05, 0.1) is 11.6 Å². The van der Waals surface area contributed by atoms with Gasteiger partial charge in [0.15, 0.2) is 5.13 Å². The maximum absolute atomic E-state index is 12.4. The van der Waals surface area contributed by atoms with E-state index >= 15 is 0 Å². The third-order valence-electron chi connectivity index (χ3n) is 3.96. The lowest BCUT2D eigenvalue weighted by molar-refractivity contribution is -0.313. The molecule has 1 aliphatic rings. The third kappa shape index (κ3) is 3.49. The SMILES string of the molecule is O=C([O-])[C@H]1CC=CC[C@@H]1C(=O)Nc1nc(-c2ccccc2Cl)cs1. The Morgan fingerprint density at radius 1 is 1.21 bits per heavy atom. The van der Waals surface area contributed by atoms with E-state index < -0.39 is 17.8 Å². The molecule has 0 saturated carbocycles. The number of anilines is 1. The quantitative estimate of drug-likeness (QED) is 0.849. The van der Waals surface area contributed by atoms with E-state index in [1.54, 1.807) is 17.5 Å². The highest BCUT2D eigenvalue weighted by molar-refractivity contribution is 7.14. The van der Waals surface area contributed by atoms with Crippen LogP contribution < -0.4 is 10.4 Å². The molecule has 2 atom stereocenters. The van der Waals surface area contributed by atoms with Gasteiger partial charge >= 0.3 is 0 Å². The number of carbonyl (C=O) groups excluding carboxylic acids is 2. The first kappa shape index (κ1) is 16.7. The van der Waals surface area contributed by atoms with Crippen molar-refractivity contribution in [1.29, 1.82) is 0 Å². The van der Waals surface area contributed by atoms with Crippen LogP contribution in [-0.2, 0) is 9.59 Å². The number of halogens is 1. The molecular formula is C17H14ClN2O3S-. The molecule has 3 rings (SSSR count). The molecule has 0 spiro atoms. The number of aromatic nitrogens is 1. The topological polar surface area (TPSA) is 82.1 Å². The first-order valence-electron chi connectivity index (χ1n) is 7.43. The molecule has 2 aromatic rings. The highest BCUT2D eigenvalue weighted by atomic mass is 35.5. The van der Waals surface area contributed by atoms with Gasteiger partial charge in [0.1, 0.15) is 0 Å². The molecular weight excluding hydrogens is 348 g/mol. The number of carboxylic acids is 1. The number of benzene rings is 1. The van der Waals surface area contributed by atoms with E-state index in [1.807, 2.05) is 24.3 Å². The van der Waals surface area contributed by atoms with Crippen molar-refractivity contribution in [2.45, 2.75) is 12.8 Å². The Hall–Kier alpha value is -2.18. The van der Waals surface area contributed by atoms with Crippen molar-refractivity contribution in [2.75, 3.05) is 5.32 Å². The van der Waals surface area contributed by atoms with E-state index in [2.05, 4.69) is 10.3 Å². The highest BCUT2D eigenvalue weighted by Crippen LogP contribution is 2.31. The number of allylic oxidation sites excluding steroid dienone is 2. The van der Waals surface area contributed by atoms with E-state index in [0.717, 1.165) is 5.56 Å². The minimum absolute atomic E-state index is 0.309. The van der Waals surface area contributed by atoms with E-state index in [0.29, 0.717) is 28.7 Å². The number of nitrogens with zero attached hydrogens (tertiary/aromatic N) is 1. The summed E-state index contributed by atoms with van der Waals surface area (Å²) in [6.45, 7) is 0. The average Bonchev–Trinajstić information content (AvgIpc) is 3.03. The minimum Gasteiger partial charge on any atom is -0.550 e. The second-order valence-electron chi connectivity index (χ2n) is 5.48. The smallest absolute Gasteiger partial charge is 0.230 e. The summed E-state index contributed by atoms with van der Waals surface area (Å²) in [5.41, 5.74) is 1.45. The normalized spacial score (nSPS) is 19.9. The van der Waals surface area contributed by atoms with Gasteiger partial charge in [-0.2, -0.15) is 0 Å². The van der Waals surface area contributed by atoms with Crippen LogP contribution in [0.15, 0.2) is 41.8 Å². The molecule has 0 fully saturated rings. The Balaban J connectivity index is 1.75. The van der Waals surface area contributed by atoms with Crippen molar-refractivity contribution in [3.8, 4) is 11.3 Å². The van der Waals surface area contributed by atoms with Gasteiger partial charge in [-0.3, -0.25) is 4.79 Å². The van der Waals surface area contributed by atoms with Crippen LogP contribution >= 0.6 is 22.9 Å². The number of aliphatic carboxylic acids is 1. The highest BCUT2D eigenvalue weighted by Gasteiger charge is 2.30. The Kier molecular flexibility index (Phi) is 4.97. The second kappa shape index (κ2) is 7.15. The Morgan fingerprint density at radius 2 is 1.92 bits per heavy atom. The molecule has 24 heavy (non-hydrogen) atoms. The lowest BCUT2D eigenvalue weighted by Crippen LogP contribution is -2.41. The molecule has 1 amide bonds. The molecule has 0 aliphatic heterocycles. The van der Waals surface area contributed by atoms with Gasteiger partial charge < -0.3 is 15.2 Å². The van der Waals surface area contributed by atoms with Gasteiger partial charge in [0, 0.05) is 27.9 Å². The second-order valence-corrected chi connectivity index (χ2v) is 6.75. The van der Waals surface area contributed by atoms with Crippen LogP contribution in [0.1, 0.15) is 12.8 Å². The maximum Gasteiger partial charge on any atom is 0.230 e. The summed E-state index contributed by atoms with van der Waals surface area (Å²) in [6, 6.07) is 7.31. The van der Waals surface area contributed by atoms with Crippen LogP contribution in [0.5, 0.6) is 0 Å². The zero-order valence-electron chi connectivity index (χ0n) is 12.6. The summed E-state index contributed by atoms with van der Waals surface area (Å²) >= 11 is 7.42. The van der Waals surface area contributed by atoms with Crippen molar-refractivity contribution in [2.24, 2.45) is 11.8 Å². The first-order chi connectivity index (χ1) is 11.6. The molecule has 124 valence electrons. The number of thiazole rings is 1. The van der Waals surface area contributed by atoms with Crippen molar-refractivity contribution >= 4 is 39.9 Å². The van der Waals surface area contributed by atoms with Crippen molar-refractivity contribution < 1.29 is 14.7 Å². The number of hydrogen-bond acceptors (Lipinski definition) is 5. The molecule has 7 heteroatoms. The standard InChI is InChI=1S/C17H15ClN2O3S/c18-13-8-4-3-7-12(13)14-9-24-17(19-14)20-15(21)10-5-1-2-6-11(10)16(22)23/h1-4,7-11H,5-6H2,(H,22,23)(H,19,20,21)/p-1/t10-,11-/m0/s1. The molecule has 5 nitrogen and oxygen atoms in total. The molecule has 1 heterocycles. The fourth-order valence-electron chi connectivity index (χ4n) is 2.69. The summed E-state index contributed by atoms with van der Waals surface area (Å²) in [7, 11) is 0. The summed E-state index contributed by atoms with van der Waals surface area (Å²) in [4.78, 5) is 28.0. The lowest BCUT2D eigenvalue weighted by Gasteiger charge is -2.27. The summed E-state index contributed by atoms with van der Waals surface area (Å²) in [6.07, 6.45) is 4.28. The largest absolute Gasteiger partial charge is 0.550 e. The van der Waals surface area contributed by atoms with Crippen LogP contribution in [-0.4, -0.2) is 16.9 Å². The van der Waals surface area contributed by atoms with Gasteiger partial charge in [0.2, 0.25) is 5.91 Å². The van der Waals surface area contributed by atoms with Crippen LogP contribution in [0, 0.1) is 11.8 Å². The molecule has 1 aromatic heterocycles. The number of hydrogen-bond donors (Lipinski definition) is 1. The Morgan fingerprint density at radius 3 is 2.62 bits per heavy atom. The molecule has 1 aromatic carbocycles. The Bertz CT molecular complexity index is 803. The monoisotopic (exact) mass is 361 g/mol. The predicted molar refractivity (Wildman–Crippen MR) is 91.6 cm³/mol. The van der Waals surface area contributed by atoms with E-state index in [4.69, 9.17) is 11.6 Å². The summed E-state index contributed by atoms with van der Waals surface area (Å²) in [5, 5.41) is 16.7. The van der Waals surface area contributed by atoms with Crippen LogP contribution in [0.4, 0.5) is 5.13 Å². The minimum atomic E-state index is -1.20. The van der Waals surface area contributed by atoms with Crippen LogP contribution in [0.2, 0.25) is 5.02 Å². The fourth-order valence-corrected chi connectivity index (χ4v) is 3.63. The van der Waals surface area contributed by atoms with E-state index in [-0.39, 0.29) is 5.91 Å². The third-order valence-corrected chi connectivity index (χ3v) is 5.04. The molecule has 0 radical (unpaired) electrons. The lowest BCUT2D eigenvalue weighted by atomic mass is 9.82. The van der Waals surface area contributed by atoms with E-state index in [9.17, 15) is 14.7 Å². The van der Waals surface area contributed by atoms with Gasteiger partial charge in [-0.05, 0) is 18.9 Å². The number of nitrogens with one attached hydrogen (secondary N) is 1. The zero-order valence-corrected chi connectivity index (χ0v) is 14.1. The molecule has 0 saturated heterocycles. The fraction of sp³-hybridized carbons (Fsp3) is 0.235. The van der Waals surface area contributed by atoms with Gasteiger partial charge in [-0.15, -0.1) is 11.3 Å². The zero-order chi connectivity index (χ0) is 17.1. The van der Waals surface area contributed by atoms with Crippen LogP contribution in [0.25, 0.3) is 11.3 Å². The maximum atomic E-state index is 12.4. The number of amides is 1. The molecule has 1 aliphatic carbocycles. The molecule has 0 bridgehead atoms. The van der Waals surface area contributed by atoms with Crippen molar-refractivity contribution in [1.82, 2.24) is 4.98 Å².